The Kier molecular flexibility index (Phi) is 3.62. The molecule has 0 radical (unpaired) electrons. The molecule has 0 aliphatic rings. The molecule has 2 aromatic heterocycles. The Labute approximate surface area is 124 Å². The van der Waals surface area contributed by atoms with E-state index < -0.39 is 0 Å². The van der Waals surface area contributed by atoms with Crippen LogP contribution in [0, 0.1) is 0 Å². The Morgan fingerprint density at radius 2 is 2.00 bits per heavy atom. The second kappa shape index (κ2) is 5.56. The molecule has 5 heteroatoms. The Balaban J connectivity index is 2.10. The Bertz CT molecular complexity index is 761. The van der Waals surface area contributed by atoms with E-state index in [2.05, 4.69) is 25.9 Å². The molecule has 100 valence electrons. The lowest BCUT2D eigenvalue weighted by molar-refractivity contribution is 0.484. The molecule has 0 spiro atoms. The van der Waals surface area contributed by atoms with Gasteiger partial charge in [-0.05, 0) is 34.1 Å². The van der Waals surface area contributed by atoms with E-state index in [1.165, 1.54) is 0 Å². The molecule has 3 aromatic rings. The number of nitrogens with zero attached hydrogens (tertiary/aromatic N) is 2. The largest absolute Gasteiger partial charge is 0.455 e. The second-order valence-electron chi connectivity index (χ2n) is 4.27. The number of para-hydroxylation sites is 1. The molecule has 0 atom stereocenters. The number of fused-ring (bicyclic) bond motifs is 1. The van der Waals surface area contributed by atoms with Gasteiger partial charge in [-0.3, -0.25) is 9.97 Å². The van der Waals surface area contributed by atoms with Gasteiger partial charge in [-0.25, -0.2) is 0 Å². The lowest BCUT2D eigenvalue weighted by atomic mass is 10.2. The van der Waals surface area contributed by atoms with Crippen molar-refractivity contribution in [3.8, 4) is 11.5 Å². The first-order valence-corrected chi connectivity index (χ1v) is 6.93. The van der Waals surface area contributed by atoms with Gasteiger partial charge in [-0.15, -0.1) is 0 Å². The van der Waals surface area contributed by atoms with E-state index in [-0.39, 0.29) is 0 Å². The van der Waals surface area contributed by atoms with Crippen LogP contribution < -0.4 is 10.5 Å². The van der Waals surface area contributed by atoms with E-state index in [9.17, 15) is 0 Å². The summed E-state index contributed by atoms with van der Waals surface area (Å²) in [6.45, 7) is 0.373. The predicted octanol–water partition coefficient (Wildman–Crippen LogP) is 3.64. The van der Waals surface area contributed by atoms with Gasteiger partial charge in [0.25, 0.3) is 0 Å². The van der Waals surface area contributed by atoms with Gasteiger partial charge in [0.2, 0.25) is 0 Å². The number of pyridine rings is 2. The molecule has 20 heavy (non-hydrogen) atoms. The molecule has 3 rings (SSSR count). The molecule has 0 unspecified atom stereocenters. The maximum Gasteiger partial charge on any atom is 0.146 e. The highest BCUT2D eigenvalue weighted by atomic mass is 79.9. The summed E-state index contributed by atoms with van der Waals surface area (Å²) in [5.74, 6) is 1.40. The van der Waals surface area contributed by atoms with E-state index in [1.807, 2.05) is 36.4 Å². The summed E-state index contributed by atoms with van der Waals surface area (Å²) >= 11 is 3.38. The minimum Gasteiger partial charge on any atom is -0.455 e. The predicted molar refractivity (Wildman–Crippen MR) is 81.6 cm³/mol. The summed E-state index contributed by atoms with van der Waals surface area (Å²) in [5, 5.41) is 0.949. The normalized spacial score (nSPS) is 10.7. The highest BCUT2D eigenvalue weighted by Crippen LogP contribution is 2.30. The van der Waals surface area contributed by atoms with Crippen molar-refractivity contribution in [2.24, 2.45) is 5.73 Å². The summed E-state index contributed by atoms with van der Waals surface area (Å²) in [6, 6.07) is 11.6. The standard InChI is InChI=1S/C15H12BrN3O/c16-10-5-12(9-18-8-10)20-15-6-11(7-17)19-14-4-2-1-3-13(14)15/h1-6,8-9H,7,17H2. The van der Waals surface area contributed by atoms with Gasteiger partial charge in [0.1, 0.15) is 11.5 Å². The van der Waals surface area contributed by atoms with Gasteiger partial charge in [-0.1, -0.05) is 12.1 Å². The van der Waals surface area contributed by atoms with Gasteiger partial charge < -0.3 is 10.5 Å². The van der Waals surface area contributed by atoms with Crippen LogP contribution in [0.5, 0.6) is 11.5 Å². The van der Waals surface area contributed by atoms with Crippen molar-refractivity contribution >= 4 is 26.8 Å². The fourth-order valence-corrected chi connectivity index (χ4v) is 2.30. The van der Waals surface area contributed by atoms with Crippen molar-refractivity contribution in [2.45, 2.75) is 6.54 Å². The molecule has 0 amide bonds. The molecule has 0 aliphatic heterocycles. The van der Waals surface area contributed by atoms with Crippen LogP contribution in [0.1, 0.15) is 5.69 Å². The summed E-state index contributed by atoms with van der Waals surface area (Å²) in [7, 11) is 0. The first kappa shape index (κ1) is 13.0. The lowest BCUT2D eigenvalue weighted by Gasteiger charge is -2.10. The smallest absolute Gasteiger partial charge is 0.146 e. The molecular formula is C15H12BrN3O. The quantitative estimate of drug-likeness (QED) is 0.796. The monoisotopic (exact) mass is 329 g/mol. The van der Waals surface area contributed by atoms with Crippen molar-refractivity contribution in [3.05, 3.63) is 59.0 Å². The number of nitrogens with two attached hydrogens (primary N) is 1. The third-order valence-corrected chi connectivity index (χ3v) is 3.28. The van der Waals surface area contributed by atoms with Crippen LogP contribution in [0.25, 0.3) is 10.9 Å². The van der Waals surface area contributed by atoms with Crippen LogP contribution in [0.15, 0.2) is 53.3 Å². The topological polar surface area (TPSA) is 61.0 Å². The number of hydrogen-bond acceptors (Lipinski definition) is 4. The van der Waals surface area contributed by atoms with E-state index in [0.717, 1.165) is 26.8 Å². The Morgan fingerprint density at radius 1 is 1.15 bits per heavy atom. The first-order chi connectivity index (χ1) is 9.76. The van der Waals surface area contributed by atoms with Crippen LogP contribution in [0.2, 0.25) is 0 Å². The lowest BCUT2D eigenvalue weighted by Crippen LogP contribution is -2.00. The molecule has 4 nitrogen and oxygen atoms in total. The van der Waals surface area contributed by atoms with E-state index in [1.54, 1.807) is 12.4 Å². The average Bonchev–Trinajstić information content (AvgIpc) is 2.47. The summed E-state index contributed by atoms with van der Waals surface area (Å²) < 4.78 is 6.79. The number of hydrogen-bond donors (Lipinski definition) is 1. The van der Waals surface area contributed by atoms with Crippen molar-refractivity contribution in [3.63, 3.8) is 0 Å². The van der Waals surface area contributed by atoms with Crippen LogP contribution in [-0.4, -0.2) is 9.97 Å². The van der Waals surface area contributed by atoms with Crippen LogP contribution in [0.3, 0.4) is 0 Å². The molecule has 0 fully saturated rings. The van der Waals surface area contributed by atoms with Crippen LogP contribution in [0.4, 0.5) is 0 Å². The highest BCUT2D eigenvalue weighted by Gasteiger charge is 2.07. The Morgan fingerprint density at radius 3 is 2.80 bits per heavy atom. The van der Waals surface area contributed by atoms with Gasteiger partial charge in [0, 0.05) is 28.7 Å². The zero-order valence-corrected chi connectivity index (χ0v) is 12.2. The highest BCUT2D eigenvalue weighted by molar-refractivity contribution is 9.10. The summed E-state index contributed by atoms with van der Waals surface area (Å²) in [5.41, 5.74) is 7.35. The summed E-state index contributed by atoms with van der Waals surface area (Å²) in [4.78, 5) is 8.57. The number of rotatable bonds is 3. The second-order valence-corrected chi connectivity index (χ2v) is 5.19. The molecule has 0 saturated heterocycles. The molecule has 0 aliphatic carbocycles. The molecule has 0 saturated carbocycles. The van der Waals surface area contributed by atoms with Gasteiger partial charge in [0.15, 0.2) is 0 Å². The van der Waals surface area contributed by atoms with Gasteiger partial charge >= 0.3 is 0 Å². The third-order valence-electron chi connectivity index (χ3n) is 2.85. The van der Waals surface area contributed by atoms with E-state index in [4.69, 9.17) is 10.5 Å². The maximum atomic E-state index is 5.93. The maximum absolute atomic E-state index is 5.93. The number of aromatic nitrogens is 2. The molecule has 1 aromatic carbocycles. The molecule has 0 bridgehead atoms. The SMILES string of the molecule is NCc1cc(Oc2cncc(Br)c2)c2ccccc2n1. The zero-order valence-electron chi connectivity index (χ0n) is 10.6. The third kappa shape index (κ3) is 2.64. The number of ether oxygens (including phenoxy) is 1. The average molecular weight is 330 g/mol. The van der Waals surface area contributed by atoms with Crippen molar-refractivity contribution in [2.75, 3.05) is 0 Å². The number of halogens is 1. The van der Waals surface area contributed by atoms with Crippen LogP contribution in [-0.2, 0) is 6.54 Å². The van der Waals surface area contributed by atoms with Gasteiger partial charge in [0.05, 0.1) is 17.4 Å². The molecular weight excluding hydrogens is 318 g/mol. The summed E-state index contributed by atoms with van der Waals surface area (Å²) in [6.07, 6.45) is 3.38. The van der Waals surface area contributed by atoms with E-state index >= 15 is 0 Å². The minimum atomic E-state index is 0.373. The molecule has 2 heterocycles. The fourth-order valence-electron chi connectivity index (χ4n) is 1.96. The first-order valence-electron chi connectivity index (χ1n) is 6.13. The van der Waals surface area contributed by atoms with Crippen molar-refractivity contribution in [1.82, 2.24) is 9.97 Å². The number of benzene rings is 1. The van der Waals surface area contributed by atoms with Gasteiger partial charge in [-0.2, -0.15) is 0 Å². The van der Waals surface area contributed by atoms with Crippen molar-refractivity contribution in [1.29, 1.82) is 0 Å². The fraction of sp³-hybridized carbons (Fsp3) is 0.0667. The van der Waals surface area contributed by atoms with Crippen molar-refractivity contribution < 1.29 is 4.74 Å². The minimum absolute atomic E-state index is 0.373. The molecule has 2 N–H and O–H groups in total. The zero-order chi connectivity index (χ0) is 13.9. The Hall–Kier alpha value is -1.98. The van der Waals surface area contributed by atoms with E-state index in [0.29, 0.717) is 12.3 Å². The van der Waals surface area contributed by atoms with Crippen LogP contribution >= 0.6 is 15.9 Å².